The molecule has 0 atom stereocenters. The first kappa shape index (κ1) is 10.7. The molecule has 0 amide bonds. The van der Waals surface area contributed by atoms with Crippen LogP contribution in [-0.4, -0.2) is 19.1 Å². The third kappa shape index (κ3) is 1.94. The number of hydrogen-bond donors (Lipinski definition) is 0. The minimum absolute atomic E-state index is 0.539. The van der Waals surface area contributed by atoms with E-state index in [0.29, 0.717) is 5.15 Å². The Kier molecular flexibility index (Phi) is 2.85. The third-order valence-electron chi connectivity index (χ3n) is 2.29. The molecule has 0 radical (unpaired) electrons. The average molecular weight is 286 g/mol. The Bertz CT molecular complexity index is 511. The summed E-state index contributed by atoms with van der Waals surface area (Å²) in [5.74, 6) is 0. The topological polar surface area (TPSA) is 16.1 Å². The van der Waals surface area contributed by atoms with Crippen molar-refractivity contribution in [1.29, 1.82) is 0 Å². The van der Waals surface area contributed by atoms with E-state index >= 15 is 0 Å². The number of anilines is 1. The molecule has 0 aliphatic carbocycles. The second kappa shape index (κ2) is 3.99. The monoisotopic (exact) mass is 284 g/mol. The van der Waals surface area contributed by atoms with E-state index in [4.69, 9.17) is 11.6 Å². The largest absolute Gasteiger partial charge is 0.378 e. The zero-order valence-corrected chi connectivity index (χ0v) is 10.8. The van der Waals surface area contributed by atoms with Gasteiger partial charge >= 0.3 is 0 Å². The van der Waals surface area contributed by atoms with Gasteiger partial charge in [-0.15, -0.1) is 0 Å². The summed E-state index contributed by atoms with van der Waals surface area (Å²) in [6.07, 6.45) is 1.72. The molecule has 4 heteroatoms. The van der Waals surface area contributed by atoms with E-state index in [0.717, 1.165) is 20.9 Å². The highest BCUT2D eigenvalue weighted by Gasteiger charge is 2.05. The van der Waals surface area contributed by atoms with E-state index in [9.17, 15) is 0 Å². The molecule has 0 saturated carbocycles. The van der Waals surface area contributed by atoms with Gasteiger partial charge in [-0.2, -0.15) is 0 Å². The van der Waals surface area contributed by atoms with Crippen LogP contribution >= 0.6 is 27.5 Å². The molecule has 1 heterocycles. The Balaban J connectivity index is 2.76. The maximum absolute atomic E-state index is 6.06. The molecular weight excluding hydrogens is 275 g/mol. The molecule has 0 saturated heterocycles. The minimum atomic E-state index is 0.539. The number of benzene rings is 1. The van der Waals surface area contributed by atoms with Crippen LogP contribution in [0.4, 0.5) is 5.69 Å². The maximum atomic E-state index is 6.06. The molecule has 0 aliphatic rings. The molecule has 0 spiro atoms. The lowest BCUT2D eigenvalue weighted by molar-refractivity contribution is 1.13. The van der Waals surface area contributed by atoms with E-state index in [1.165, 1.54) is 0 Å². The molecule has 0 N–H and O–H groups in total. The quantitative estimate of drug-likeness (QED) is 0.743. The highest BCUT2D eigenvalue weighted by atomic mass is 79.9. The Morgan fingerprint density at radius 3 is 2.67 bits per heavy atom. The van der Waals surface area contributed by atoms with Crippen LogP contribution in [0.1, 0.15) is 0 Å². The van der Waals surface area contributed by atoms with Gasteiger partial charge < -0.3 is 4.90 Å². The van der Waals surface area contributed by atoms with Crippen molar-refractivity contribution in [3.63, 3.8) is 0 Å². The third-order valence-corrected chi connectivity index (χ3v) is 3.22. The second-order valence-electron chi connectivity index (χ2n) is 3.52. The van der Waals surface area contributed by atoms with Crippen molar-refractivity contribution in [1.82, 2.24) is 4.98 Å². The van der Waals surface area contributed by atoms with Crippen LogP contribution in [-0.2, 0) is 0 Å². The summed E-state index contributed by atoms with van der Waals surface area (Å²) < 4.78 is 0.965. The molecule has 0 unspecified atom stereocenters. The van der Waals surface area contributed by atoms with Crippen LogP contribution in [0, 0.1) is 0 Å². The number of hydrogen-bond acceptors (Lipinski definition) is 2. The van der Waals surface area contributed by atoms with Crippen molar-refractivity contribution >= 4 is 44.0 Å². The van der Waals surface area contributed by atoms with Gasteiger partial charge in [-0.1, -0.05) is 17.7 Å². The summed E-state index contributed by atoms with van der Waals surface area (Å²) in [6, 6.07) is 6.14. The second-order valence-corrected chi connectivity index (χ2v) is 4.73. The molecule has 0 bridgehead atoms. The lowest BCUT2D eigenvalue weighted by Crippen LogP contribution is -2.08. The number of nitrogens with zero attached hydrogens (tertiary/aromatic N) is 2. The molecular formula is C11H10BrClN2. The van der Waals surface area contributed by atoms with Gasteiger partial charge in [-0.3, -0.25) is 0 Å². The Morgan fingerprint density at radius 1 is 1.27 bits per heavy atom. The van der Waals surface area contributed by atoms with Crippen LogP contribution in [0.25, 0.3) is 10.8 Å². The number of halogens is 2. The zero-order chi connectivity index (χ0) is 11.0. The van der Waals surface area contributed by atoms with Crippen molar-refractivity contribution in [2.45, 2.75) is 0 Å². The SMILES string of the molecule is CN(C)c1ccc2c(Br)cnc(Cl)c2c1. The van der Waals surface area contributed by atoms with Crippen molar-refractivity contribution in [2.24, 2.45) is 0 Å². The van der Waals surface area contributed by atoms with Gasteiger partial charge in [0.1, 0.15) is 5.15 Å². The summed E-state index contributed by atoms with van der Waals surface area (Å²) >= 11 is 9.51. The Morgan fingerprint density at radius 2 is 2.00 bits per heavy atom. The summed E-state index contributed by atoms with van der Waals surface area (Å²) in [6.45, 7) is 0. The average Bonchev–Trinajstić information content (AvgIpc) is 2.23. The first-order chi connectivity index (χ1) is 7.09. The van der Waals surface area contributed by atoms with E-state index in [-0.39, 0.29) is 0 Å². The van der Waals surface area contributed by atoms with Gasteiger partial charge in [0.05, 0.1) is 0 Å². The smallest absolute Gasteiger partial charge is 0.136 e. The molecule has 0 aliphatic heterocycles. The van der Waals surface area contributed by atoms with Crippen LogP contribution in [0.5, 0.6) is 0 Å². The van der Waals surface area contributed by atoms with Crippen molar-refractivity contribution in [3.8, 4) is 0 Å². The highest BCUT2D eigenvalue weighted by molar-refractivity contribution is 9.10. The fourth-order valence-electron chi connectivity index (χ4n) is 1.44. The predicted octanol–water partition coefficient (Wildman–Crippen LogP) is 3.72. The van der Waals surface area contributed by atoms with Gasteiger partial charge in [0, 0.05) is 41.2 Å². The van der Waals surface area contributed by atoms with Crippen molar-refractivity contribution < 1.29 is 0 Å². The first-order valence-corrected chi connectivity index (χ1v) is 5.68. The van der Waals surface area contributed by atoms with Crippen molar-refractivity contribution in [3.05, 3.63) is 34.0 Å². The van der Waals surface area contributed by atoms with E-state index in [2.05, 4.69) is 27.0 Å². The Labute approximate surface area is 102 Å². The van der Waals surface area contributed by atoms with Crippen LogP contribution in [0.3, 0.4) is 0 Å². The molecule has 2 aromatic rings. The van der Waals surface area contributed by atoms with Crippen LogP contribution in [0.2, 0.25) is 5.15 Å². The number of pyridine rings is 1. The summed E-state index contributed by atoms with van der Waals surface area (Å²) in [5.41, 5.74) is 1.12. The summed E-state index contributed by atoms with van der Waals surface area (Å²) in [4.78, 5) is 6.15. The summed E-state index contributed by atoms with van der Waals surface area (Å²) in [5, 5.41) is 2.59. The standard InChI is InChI=1S/C11H10BrClN2/c1-15(2)7-3-4-8-9(5-7)11(13)14-6-10(8)12/h3-6H,1-2H3. The number of fused-ring (bicyclic) bond motifs is 1. The van der Waals surface area contributed by atoms with E-state index in [1.54, 1.807) is 6.20 Å². The van der Waals surface area contributed by atoms with Crippen LogP contribution < -0.4 is 4.90 Å². The molecule has 2 nitrogen and oxygen atoms in total. The lowest BCUT2D eigenvalue weighted by atomic mass is 10.1. The molecule has 1 aromatic carbocycles. The van der Waals surface area contributed by atoms with Gasteiger partial charge in [0.2, 0.25) is 0 Å². The van der Waals surface area contributed by atoms with Crippen molar-refractivity contribution in [2.75, 3.05) is 19.0 Å². The first-order valence-electron chi connectivity index (χ1n) is 4.50. The van der Waals surface area contributed by atoms with Gasteiger partial charge in [-0.25, -0.2) is 4.98 Å². The normalized spacial score (nSPS) is 10.7. The van der Waals surface area contributed by atoms with E-state index in [1.807, 2.05) is 31.1 Å². The number of aromatic nitrogens is 1. The highest BCUT2D eigenvalue weighted by Crippen LogP contribution is 2.30. The fraction of sp³-hybridized carbons (Fsp3) is 0.182. The molecule has 1 aromatic heterocycles. The molecule has 2 rings (SSSR count). The predicted molar refractivity (Wildman–Crippen MR) is 68.8 cm³/mol. The molecule has 78 valence electrons. The fourth-order valence-corrected chi connectivity index (χ4v) is 2.10. The Hall–Kier alpha value is -0.800. The molecule has 0 fully saturated rings. The lowest BCUT2D eigenvalue weighted by Gasteiger charge is -2.13. The van der Waals surface area contributed by atoms with Gasteiger partial charge in [0.25, 0.3) is 0 Å². The molecule has 15 heavy (non-hydrogen) atoms. The maximum Gasteiger partial charge on any atom is 0.136 e. The summed E-state index contributed by atoms with van der Waals surface area (Å²) in [7, 11) is 4.00. The number of rotatable bonds is 1. The van der Waals surface area contributed by atoms with Crippen LogP contribution in [0.15, 0.2) is 28.9 Å². The van der Waals surface area contributed by atoms with Gasteiger partial charge in [-0.05, 0) is 28.1 Å². The minimum Gasteiger partial charge on any atom is -0.378 e. The van der Waals surface area contributed by atoms with Gasteiger partial charge in [0.15, 0.2) is 0 Å². The zero-order valence-electron chi connectivity index (χ0n) is 8.46. The van der Waals surface area contributed by atoms with E-state index < -0.39 is 0 Å².